The number of hydrogen-bond acceptors (Lipinski definition) is 3. The molecule has 1 heterocycles. The van der Waals surface area contributed by atoms with E-state index in [1.165, 1.54) is 0 Å². The number of rotatable bonds is 0. The van der Waals surface area contributed by atoms with Crippen LogP contribution in [0.1, 0.15) is 0 Å². The van der Waals surface area contributed by atoms with Gasteiger partial charge in [-0.3, -0.25) is 0 Å². The number of halogens is 4. The summed E-state index contributed by atoms with van der Waals surface area (Å²) in [6.07, 6.45) is -7.06. The lowest BCUT2D eigenvalue weighted by Gasteiger charge is -2.28. The lowest BCUT2D eigenvalue weighted by Crippen LogP contribution is -2.43. The lowest BCUT2D eigenvalue weighted by molar-refractivity contribution is -0.281. The second kappa shape index (κ2) is 2.91. The van der Waals surface area contributed by atoms with E-state index in [9.17, 15) is 17.6 Å². The Kier molecular flexibility index (Phi) is 1.92. The minimum absolute atomic E-state index is 0.384. The number of ether oxygens (including phenoxy) is 2. The fourth-order valence-corrected chi connectivity index (χ4v) is 1.10. The molecule has 0 fully saturated rings. The normalized spacial score (nSPS) is 22.5. The maximum absolute atomic E-state index is 12.9. The summed E-state index contributed by atoms with van der Waals surface area (Å²) in [6.45, 7) is 0. The Labute approximate surface area is 81.4 Å². The Bertz CT molecular complexity index is 410. The van der Waals surface area contributed by atoms with Crippen LogP contribution in [0.15, 0.2) is 12.1 Å². The van der Waals surface area contributed by atoms with E-state index in [-0.39, 0.29) is 5.69 Å². The average molecular weight is 223 g/mol. The van der Waals surface area contributed by atoms with Crippen LogP contribution in [0, 0.1) is 5.82 Å². The van der Waals surface area contributed by atoms with Gasteiger partial charge in [-0.2, -0.15) is 13.2 Å². The van der Waals surface area contributed by atoms with Crippen molar-refractivity contribution in [1.29, 1.82) is 0 Å². The van der Waals surface area contributed by atoms with E-state index in [1.807, 2.05) is 0 Å². The smallest absolute Gasteiger partial charge is 0.447 e. The predicted octanol–water partition coefficient (Wildman–Crippen LogP) is 2.07. The van der Waals surface area contributed by atoms with Gasteiger partial charge in [-0.25, -0.2) is 4.39 Å². The van der Waals surface area contributed by atoms with Gasteiger partial charge < -0.3 is 15.2 Å². The maximum atomic E-state index is 12.9. The van der Waals surface area contributed by atoms with E-state index in [4.69, 9.17) is 5.73 Å². The van der Waals surface area contributed by atoms with E-state index in [1.54, 1.807) is 0 Å². The Morgan fingerprint density at radius 1 is 1.27 bits per heavy atom. The SMILES string of the molecule is Nc1cc2c(cc1F)O[C@@H](F)C(F)(F)O2. The highest BCUT2D eigenvalue weighted by molar-refractivity contribution is 5.53. The first-order chi connectivity index (χ1) is 6.90. The first-order valence-electron chi connectivity index (χ1n) is 3.87. The van der Waals surface area contributed by atoms with Crippen molar-refractivity contribution in [2.75, 3.05) is 5.73 Å². The summed E-state index contributed by atoms with van der Waals surface area (Å²) in [5.74, 6) is -1.83. The summed E-state index contributed by atoms with van der Waals surface area (Å²) >= 11 is 0. The van der Waals surface area contributed by atoms with E-state index < -0.39 is 29.8 Å². The van der Waals surface area contributed by atoms with Gasteiger partial charge >= 0.3 is 12.5 Å². The van der Waals surface area contributed by atoms with Gasteiger partial charge in [0.05, 0.1) is 5.69 Å². The number of nitrogens with two attached hydrogens (primary N) is 1. The molecule has 1 aliphatic rings. The third-order valence-electron chi connectivity index (χ3n) is 1.80. The molecule has 82 valence electrons. The van der Waals surface area contributed by atoms with Crippen LogP contribution in [-0.4, -0.2) is 12.5 Å². The van der Waals surface area contributed by atoms with Crippen molar-refractivity contribution >= 4 is 5.69 Å². The van der Waals surface area contributed by atoms with E-state index in [0.717, 1.165) is 6.07 Å². The van der Waals surface area contributed by atoms with Gasteiger partial charge in [0.25, 0.3) is 0 Å². The van der Waals surface area contributed by atoms with Crippen LogP contribution in [0.3, 0.4) is 0 Å². The van der Waals surface area contributed by atoms with E-state index >= 15 is 0 Å². The van der Waals surface area contributed by atoms with Crippen LogP contribution >= 0.6 is 0 Å². The van der Waals surface area contributed by atoms with Gasteiger partial charge in [0.1, 0.15) is 5.82 Å². The molecule has 0 spiro atoms. The maximum Gasteiger partial charge on any atom is 0.468 e. The van der Waals surface area contributed by atoms with Gasteiger partial charge in [-0.05, 0) is 0 Å². The van der Waals surface area contributed by atoms with Gasteiger partial charge in [0.15, 0.2) is 11.5 Å². The zero-order valence-corrected chi connectivity index (χ0v) is 7.14. The number of hydrogen-bond donors (Lipinski definition) is 1. The fraction of sp³-hybridized carbons (Fsp3) is 0.250. The Morgan fingerprint density at radius 2 is 1.93 bits per heavy atom. The van der Waals surface area contributed by atoms with Crippen molar-refractivity contribution in [3.05, 3.63) is 17.9 Å². The van der Waals surface area contributed by atoms with Gasteiger partial charge in [-0.15, -0.1) is 0 Å². The molecule has 0 radical (unpaired) electrons. The summed E-state index contributed by atoms with van der Waals surface area (Å²) in [6, 6.07) is 1.50. The highest BCUT2D eigenvalue weighted by atomic mass is 19.3. The van der Waals surface area contributed by atoms with Crippen molar-refractivity contribution in [2.24, 2.45) is 0 Å². The van der Waals surface area contributed by atoms with Crippen LogP contribution in [0.4, 0.5) is 23.2 Å². The lowest BCUT2D eigenvalue weighted by atomic mass is 10.2. The quantitative estimate of drug-likeness (QED) is 0.540. The van der Waals surface area contributed by atoms with Crippen LogP contribution in [0.2, 0.25) is 0 Å². The molecule has 1 aromatic carbocycles. The molecule has 0 aliphatic carbocycles. The van der Waals surface area contributed by atoms with Crippen molar-refractivity contribution in [1.82, 2.24) is 0 Å². The monoisotopic (exact) mass is 223 g/mol. The Morgan fingerprint density at radius 3 is 2.60 bits per heavy atom. The van der Waals surface area contributed by atoms with Gasteiger partial charge in [0.2, 0.25) is 0 Å². The zero-order valence-electron chi connectivity index (χ0n) is 7.14. The number of fused-ring (bicyclic) bond motifs is 1. The molecule has 0 aromatic heterocycles. The number of benzene rings is 1. The molecule has 1 atom stereocenters. The molecule has 2 N–H and O–H groups in total. The van der Waals surface area contributed by atoms with Crippen LogP contribution < -0.4 is 15.2 Å². The van der Waals surface area contributed by atoms with E-state index in [0.29, 0.717) is 6.07 Å². The standard InChI is InChI=1S/C8H5F4NO2/c9-3-1-5-6(2-4(3)13)15-8(11,12)7(10)14-5/h1-2,7H,13H2/t7-/m1/s1. The number of nitrogen functional groups attached to an aromatic ring is 1. The topological polar surface area (TPSA) is 44.5 Å². The Hall–Kier alpha value is -1.66. The molecule has 0 unspecified atom stereocenters. The molecule has 1 aromatic rings. The minimum atomic E-state index is -4.10. The van der Waals surface area contributed by atoms with Crippen molar-refractivity contribution in [3.63, 3.8) is 0 Å². The first kappa shape index (κ1) is 9.88. The van der Waals surface area contributed by atoms with Crippen molar-refractivity contribution in [2.45, 2.75) is 12.5 Å². The number of alkyl halides is 3. The van der Waals surface area contributed by atoms with Gasteiger partial charge in [0, 0.05) is 12.1 Å². The van der Waals surface area contributed by atoms with Crippen molar-refractivity contribution in [3.8, 4) is 11.5 Å². The Balaban J connectivity index is 2.46. The van der Waals surface area contributed by atoms with Gasteiger partial charge in [-0.1, -0.05) is 0 Å². The van der Waals surface area contributed by atoms with Crippen LogP contribution in [-0.2, 0) is 0 Å². The molecule has 0 saturated carbocycles. The molecule has 2 rings (SSSR count). The second-order valence-corrected chi connectivity index (χ2v) is 2.92. The molecule has 0 amide bonds. The minimum Gasteiger partial charge on any atom is -0.447 e. The average Bonchev–Trinajstić information content (AvgIpc) is 2.11. The summed E-state index contributed by atoms with van der Waals surface area (Å²) < 4.78 is 58.9. The number of anilines is 1. The molecule has 1 aliphatic heterocycles. The first-order valence-corrected chi connectivity index (χ1v) is 3.87. The fourth-order valence-electron chi connectivity index (χ4n) is 1.10. The zero-order chi connectivity index (χ0) is 11.2. The molecule has 15 heavy (non-hydrogen) atoms. The van der Waals surface area contributed by atoms with Crippen LogP contribution in [0.25, 0.3) is 0 Å². The molecule has 0 saturated heterocycles. The van der Waals surface area contributed by atoms with Crippen molar-refractivity contribution < 1.29 is 27.0 Å². The van der Waals surface area contributed by atoms with E-state index in [2.05, 4.69) is 9.47 Å². The highest BCUT2D eigenvalue weighted by Gasteiger charge is 2.49. The summed E-state index contributed by atoms with van der Waals surface area (Å²) in [7, 11) is 0. The van der Waals surface area contributed by atoms with Crippen LogP contribution in [0.5, 0.6) is 11.5 Å². The molecule has 7 heteroatoms. The summed E-state index contributed by atoms with van der Waals surface area (Å²) in [5.41, 5.74) is 4.73. The molecular weight excluding hydrogens is 218 g/mol. The second-order valence-electron chi connectivity index (χ2n) is 2.92. The molecule has 3 nitrogen and oxygen atoms in total. The third-order valence-corrected chi connectivity index (χ3v) is 1.80. The summed E-state index contributed by atoms with van der Waals surface area (Å²) in [4.78, 5) is 0. The molecule has 0 bridgehead atoms. The molecular formula is C8H5F4NO2. The summed E-state index contributed by atoms with van der Waals surface area (Å²) in [5, 5.41) is 0. The third kappa shape index (κ3) is 1.53. The highest BCUT2D eigenvalue weighted by Crippen LogP contribution is 2.42. The largest absolute Gasteiger partial charge is 0.468 e. The predicted molar refractivity (Wildman–Crippen MR) is 41.9 cm³/mol.